The largest absolute Gasteiger partial charge is 0.416 e. The predicted molar refractivity (Wildman–Crippen MR) is 145 cm³/mol. The van der Waals surface area contributed by atoms with Gasteiger partial charge in [-0.3, -0.25) is 0 Å². The molecular formula is C30H30F6N4O. The first kappa shape index (κ1) is 28.8. The van der Waals surface area contributed by atoms with Gasteiger partial charge in [-0.15, -0.1) is 0 Å². The minimum Gasteiger partial charge on any atom is -0.360 e. The Bertz CT molecular complexity index is 1480. The van der Waals surface area contributed by atoms with Gasteiger partial charge in [0.25, 0.3) is 0 Å². The topological polar surface area (TPSA) is 45.4 Å². The molecular weight excluding hydrogens is 546 g/mol. The van der Waals surface area contributed by atoms with Gasteiger partial charge >= 0.3 is 12.4 Å². The lowest BCUT2D eigenvalue weighted by Gasteiger charge is -2.34. The number of aromatic nitrogens is 2. The van der Waals surface area contributed by atoms with Crippen LogP contribution in [-0.2, 0) is 25.4 Å². The summed E-state index contributed by atoms with van der Waals surface area (Å²) in [6.45, 7) is 5.10. The van der Waals surface area contributed by atoms with Crippen molar-refractivity contribution in [3.63, 3.8) is 0 Å². The second-order valence-electron chi connectivity index (χ2n) is 10.6. The van der Waals surface area contributed by atoms with Gasteiger partial charge in [-0.1, -0.05) is 29.8 Å². The van der Waals surface area contributed by atoms with Gasteiger partial charge in [0.15, 0.2) is 5.82 Å². The van der Waals surface area contributed by atoms with Crippen LogP contribution < -0.4 is 9.80 Å². The Balaban J connectivity index is 1.58. The summed E-state index contributed by atoms with van der Waals surface area (Å²) in [7, 11) is 0. The fourth-order valence-electron chi connectivity index (χ4n) is 5.15. The molecule has 2 heterocycles. The van der Waals surface area contributed by atoms with Crippen LogP contribution in [0.3, 0.4) is 0 Å². The van der Waals surface area contributed by atoms with Crippen molar-refractivity contribution in [3.8, 4) is 0 Å². The Hall–Kier alpha value is -3.76. The summed E-state index contributed by atoms with van der Waals surface area (Å²) in [5.74, 6) is 2.05. The van der Waals surface area contributed by atoms with Gasteiger partial charge in [0.1, 0.15) is 11.6 Å². The van der Waals surface area contributed by atoms with Crippen molar-refractivity contribution in [1.29, 1.82) is 0 Å². The van der Waals surface area contributed by atoms with E-state index in [1.54, 1.807) is 17.9 Å². The van der Waals surface area contributed by atoms with Crippen molar-refractivity contribution >= 4 is 22.5 Å². The first-order valence-corrected chi connectivity index (χ1v) is 13.5. The molecule has 41 heavy (non-hydrogen) atoms. The molecule has 4 aromatic rings. The van der Waals surface area contributed by atoms with Gasteiger partial charge in [0.05, 0.1) is 16.6 Å². The zero-order chi connectivity index (χ0) is 29.4. The quantitative estimate of drug-likeness (QED) is 0.187. The number of para-hydroxylation sites is 1. The number of hydrogen-bond acceptors (Lipinski definition) is 5. The molecule has 1 fully saturated rings. The summed E-state index contributed by atoms with van der Waals surface area (Å²) >= 11 is 0. The number of aryl methyl sites for hydroxylation is 1. The number of hydrogen-bond donors (Lipinski definition) is 0. The Morgan fingerprint density at radius 2 is 1.56 bits per heavy atom. The molecule has 0 N–H and O–H groups in total. The molecule has 1 aliphatic carbocycles. The Morgan fingerprint density at radius 3 is 2.12 bits per heavy atom. The van der Waals surface area contributed by atoms with E-state index in [-0.39, 0.29) is 24.7 Å². The van der Waals surface area contributed by atoms with Crippen LogP contribution in [0.25, 0.3) is 10.9 Å². The van der Waals surface area contributed by atoms with Crippen LogP contribution in [0.15, 0.2) is 59.1 Å². The van der Waals surface area contributed by atoms with E-state index in [2.05, 4.69) is 10.1 Å². The molecule has 0 amide bonds. The van der Waals surface area contributed by atoms with Gasteiger partial charge in [-0.05, 0) is 68.5 Å². The van der Waals surface area contributed by atoms with Crippen LogP contribution >= 0.6 is 0 Å². The second-order valence-corrected chi connectivity index (χ2v) is 10.6. The van der Waals surface area contributed by atoms with E-state index >= 15 is 0 Å². The summed E-state index contributed by atoms with van der Waals surface area (Å²) in [6.07, 6.45) is -6.41. The minimum atomic E-state index is -4.94. The highest BCUT2D eigenvalue weighted by molar-refractivity contribution is 5.82. The van der Waals surface area contributed by atoms with Gasteiger partial charge in [0, 0.05) is 43.2 Å². The van der Waals surface area contributed by atoms with E-state index in [0.29, 0.717) is 24.0 Å². The fourth-order valence-corrected chi connectivity index (χ4v) is 5.15. The second kappa shape index (κ2) is 11.3. The maximum Gasteiger partial charge on any atom is 0.416 e. The van der Waals surface area contributed by atoms with Crippen LogP contribution in [0.5, 0.6) is 0 Å². The van der Waals surface area contributed by atoms with E-state index < -0.39 is 23.5 Å². The van der Waals surface area contributed by atoms with E-state index in [4.69, 9.17) is 9.51 Å². The van der Waals surface area contributed by atoms with Gasteiger partial charge in [-0.2, -0.15) is 26.3 Å². The molecule has 2 aromatic carbocycles. The molecule has 5 rings (SSSR count). The monoisotopic (exact) mass is 576 g/mol. The highest BCUT2D eigenvalue weighted by atomic mass is 19.4. The highest BCUT2D eigenvalue weighted by Gasteiger charge is 2.37. The lowest BCUT2D eigenvalue weighted by molar-refractivity contribution is -0.143. The van der Waals surface area contributed by atoms with E-state index in [0.717, 1.165) is 53.8 Å². The Kier molecular flexibility index (Phi) is 7.89. The molecule has 1 saturated carbocycles. The third-order valence-electron chi connectivity index (χ3n) is 7.49. The zero-order valence-corrected chi connectivity index (χ0v) is 22.7. The number of nitrogens with zero attached hydrogens (tertiary/aromatic N) is 4. The molecule has 0 radical (unpaired) electrons. The minimum absolute atomic E-state index is 0.137. The molecule has 0 saturated heterocycles. The standard InChI is InChI=1S/C30H30F6N4O/c1-3-39(16-20-7-6-8-20)28-23(14-22-9-4-5-10-26(22)37-28)18-40(27-11-19(2)41-38-27)17-21-12-24(29(31,32)33)15-25(13-21)30(34,35)36/h4-5,9-15,20H,3,6-8,16-18H2,1-2H3. The molecule has 2 aromatic heterocycles. The van der Waals surface area contributed by atoms with Crippen molar-refractivity contribution < 1.29 is 30.9 Å². The SMILES string of the molecule is CCN(CC1CCC1)c1nc2ccccc2cc1CN(Cc1cc(C(F)(F)F)cc(C(F)(F)F)c1)c1cc(C)on1. The number of alkyl halides is 6. The van der Waals surface area contributed by atoms with Gasteiger partial charge in [-0.25, -0.2) is 4.98 Å². The van der Waals surface area contributed by atoms with Gasteiger partial charge < -0.3 is 14.3 Å². The van der Waals surface area contributed by atoms with Crippen molar-refractivity contribution in [1.82, 2.24) is 10.1 Å². The normalized spacial score (nSPS) is 14.3. The first-order valence-electron chi connectivity index (χ1n) is 13.5. The average Bonchev–Trinajstić information content (AvgIpc) is 3.32. The van der Waals surface area contributed by atoms with Crippen molar-refractivity contribution in [2.24, 2.45) is 5.92 Å². The summed E-state index contributed by atoms with van der Waals surface area (Å²) in [5, 5.41) is 4.93. The number of fused-ring (bicyclic) bond motifs is 1. The molecule has 0 bridgehead atoms. The summed E-state index contributed by atoms with van der Waals surface area (Å²) in [4.78, 5) is 8.79. The molecule has 1 aliphatic rings. The lowest BCUT2D eigenvalue weighted by atomic mass is 9.85. The van der Waals surface area contributed by atoms with Crippen LogP contribution in [-0.4, -0.2) is 23.2 Å². The summed E-state index contributed by atoms with van der Waals surface area (Å²) in [5.41, 5.74) is -1.28. The zero-order valence-electron chi connectivity index (χ0n) is 22.7. The number of benzene rings is 2. The molecule has 0 spiro atoms. The fraction of sp³-hybridized carbons (Fsp3) is 0.400. The van der Waals surface area contributed by atoms with Crippen LogP contribution in [0.2, 0.25) is 0 Å². The molecule has 0 atom stereocenters. The van der Waals surface area contributed by atoms with Crippen molar-refractivity contribution in [3.05, 3.63) is 82.6 Å². The van der Waals surface area contributed by atoms with Gasteiger partial charge in [0.2, 0.25) is 0 Å². The molecule has 11 heteroatoms. The number of pyridine rings is 1. The van der Waals surface area contributed by atoms with Crippen LogP contribution in [0.1, 0.15) is 54.2 Å². The maximum atomic E-state index is 13.6. The molecule has 218 valence electrons. The third-order valence-corrected chi connectivity index (χ3v) is 7.49. The molecule has 0 unspecified atom stereocenters. The summed E-state index contributed by atoms with van der Waals surface area (Å²) < 4.78 is 86.8. The third kappa shape index (κ3) is 6.60. The number of anilines is 2. The van der Waals surface area contributed by atoms with Crippen LogP contribution in [0.4, 0.5) is 38.0 Å². The Labute approximate surface area is 233 Å². The van der Waals surface area contributed by atoms with Crippen molar-refractivity contribution in [2.75, 3.05) is 22.9 Å². The summed E-state index contributed by atoms with van der Waals surface area (Å²) in [6, 6.07) is 12.9. The smallest absolute Gasteiger partial charge is 0.360 e. The van der Waals surface area contributed by atoms with E-state index in [9.17, 15) is 26.3 Å². The average molecular weight is 577 g/mol. The number of rotatable bonds is 9. The van der Waals surface area contributed by atoms with Crippen molar-refractivity contribution in [2.45, 2.75) is 58.6 Å². The number of halogens is 6. The lowest BCUT2D eigenvalue weighted by Crippen LogP contribution is -2.34. The van der Waals surface area contributed by atoms with E-state index in [1.807, 2.05) is 37.3 Å². The first-order chi connectivity index (χ1) is 19.4. The predicted octanol–water partition coefficient (Wildman–Crippen LogP) is 8.40. The highest BCUT2D eigenvalue weighted by Crippen LogP contribution is 2.37. The van der Waals surface area contributed by atoms with Crippen LogP contribution in [0, 0.1) is 12.8 Å². The van der Waals surface area contributed by atoms with E-state index in [1.165, 1.54) is 6.42 Å². The Morgan fingerprint density at radius 1 is 0.878 bits per heavy atom. The maximum absolute atomic E-state index is 13.6. The molecule has 0 aliphatic heterocycles. The molecule has 5 nitrogen and oxygen atoms in total.